The molecule has 2 rings (SSSR count). The van der Waals surface area contributed by atoms with E-state index in [0.717, 1.165) is 23.7 Å². The molecule has 0 unspecified atom stereocenters. The highest BCUT2D eigenvalue weighted by molar-refractivity contribution is 9.11. The van der Waals surface area contributed by atoms with Crippen LogP contribution >= 0.6 is 31.9 Å². The number of aliphatic hydroxyl groups is 1. The predicted molar refractivity (Wildman–Crippen MR) is 85.1 cm³/mol. The molecule has 0 bridgehead atoms. The minimum Gasteiger partial charge on any atom is -0.389 e. The van der Waals surface area contributed by atoms with Gasteiger partial charge in [-0.15, -0.1) is 0 Å². The molecule has 0 aliphatic heterocycles. The summed E-state index contributed by atoms with van der Waals surface area (Å²) in [6.45, 7) is 0.0673. The maximum absolute atomic E-state index is 12.3. The van der Waals surface area contributed by atoms with Gasteiger partial charge in [0.05, 0.1) is 10.5 Å². The first-order valence-electron chi connectivity index (χ1n) is 6.50. The van der Waals surface area contributed by atoms with Crippen LogP contribution in [0.4, 0.5) is 0 Å². The Labute approximate surface area is 136 Å². The van der Waals surface area contributed by atoms with Crippen LogP contribution in [0.3, 0.4) is 0 Å². The summed E-state index contributed by atoms with van der Waals surface area (Å²) in [5.41, 5.74) is -0.910. The molecule has 4 nitrogen and oxygen atoms in total. The molecule has 0 amide bonds. The van der Waals surface area contributed by atoms with Crippen LogP contribution in [-0.4, -0.2) is 25.7 Å². The van der Waals surface area contributed by atoms with Crippen molar-refractivity contribution in [3.05, 3.63) is 27.1 Å². The fourth-order valence-electron chi connectivity index (χ4n) is 2.39. The smallest absolute Gasteiger partial charge is 0.241 e. The van der Waals surface area contributed by atoms with E-state index in [4.69, 9.17) is 0 Å². The topological polar surface area (TPSA) is 66.4 Å². The zero-order valence-electron chi connectivity index (χ0n) is 10.9. The first-order valence-corrected chi connectivity index (χ1v) is 9.56. The molecule has 1 aromatic carbocycles. The molecule has 0 radical (unpaired) electrons. The number of benzene rings is 1. The number of rotatable bonds is 4. The number of sulfonamides is 1. The molecule has 1 aliphatic rings. The second kappa shape index (κ2) is 6.44. The average molecular weight is 427 g/mol. The Kier molecular flexibility index (Phi) is 5.29. The number of hydrogen-bond donors (Lipinski definition) is 2. The molecule has 0 atom stereocenters. The van der Waals surface area contributed by atoms with Crippen LogP contribution in [0.2, 0.25) is 0 Å². The summed E-state index contributed by atoms with van der Waals surface area (Å²) in [6.07, 6.45) is 4.29. The maximum Gasteiger partial charge on any atom is 0.241 e. The first-order chi connectivity index (χ1) is 9.32. The van der Waals surface area contributed by atoms with Crippen LogP contribution in [0.5, 0.6) is 0 Å². The lowest BCUT2D eigenvalue weighted by Crippen LogP contribution is -2.44. The summed E-state index contributed by atoms with van der Waals surface area (Å²) in [5, 5.41) is 10.3. The molecule has 1 saturated carbocycles. The molecule has 0 spiro atoms. The molecule has 1 aromatic rings. The van der Waals surface area contributed by atoms with E-state index in [9.17, 15) is 13.5 Å². The summed E-state index contributed by atoms with van der Waals surface area (Å²) in [5.74, 6) is 0. The third kappa shape index (κ3) is 4.04. The second-order valence-corrected chi connectivity index (χ2v) is 8.69. The van der Waals surface area contributed by atoms with Gasteiger partial charge in [-0.1, -0.05) is 35.2 Å². The molecule has 112 valence electrons. The largest absolute Gasteiger partial charge is 0.389 e. The number of hydrogen-bond acceptors (Lipinski definition) is 3. The van der Waals surface area contributed by atoms with E-state index in [2.05, 4.69) is 36.6 Å². The molecular weight excluding hydrogens is 410 g/mol. The highest BCUT2D eigenvalue weighted by Crippen LogP contribution is 2.29. The average Bonchev–Trinajstić information content (AvgIpc) is 2.37. The van der Waals surface area contributed by atoms with Crippen LogP contribution < -0.4 is 4.72 Å². The first kappa shape index (κ1) is 16.4. The van der Waals surface area contributed by atoms with Gasteiger partial charge in [-0.05, 0) is 47.0 Å². The van der Waals surface area contributed by atoms with Gasteiger partial charge in [0, 0.05) is 15.5 Å². The van der Waals surface area contributed by atoms with Gasteiger partial charge in [0.1, 0.15) is 0 Å². The molecule has 7 heteroatoms. The third-order valence-corrected chi connectivity index (χ3v) is 6.43. The lowest BCUT2D eigenvalue weighted by molar-refractivity contribution is 0.00945. The van der Waals surface area contributed by atoms with Gasteiger partial charge in [0.15, 0.2) is 0 Å². The normalized spacial score (nSPS) is 18.9. The summed E-state index contributed by atoms with van der Waals surface area (Å²) in [7, 11) is -3.62. The Bertz CT molecular complexity index is 583. The third-order valence-electron chi connectivity index (χ3n) is 3.56. The van der Waals surface area contributed by atoms with E-state index < -0.39 is 15.6 Å². The summed E-state index contributed by atoms with van der Waals surface area (Å²) in [6, 6.07) is 4.89. The summed E-state index contributed by atoms with van der Waals surface area (Å²) >= 11 is 6.54. The van der Waals surface area contributed by atoms with Crippen molar-refractivity contribution < 1.29 is 13.5 Å². The van der Waals surface area contributed by atoms with Gasteiger partial charge in [-0.2, -0.15) is 0 Å². The Morgan fingerprint density at radius 1 is 1.20 bits per heavy atom. The van der Waals surface area contributed by atoms with Crippen LogP contribution in [0.1, 0.15) is 32.1 Å². The Morgan fingerprint density at radius 3 is 2.45 bits per heavy atom. The van der Waals surface area contributed by atoms with E-state index in [-0.39, 0.29) is 11.4 Å². The van der Waals surface area contributed by atoms with E-state index in [1.54, 1.807) is 12.1 Å². The van der Waals surface area contributed by atoms with Crippen LogP contribution in [0.25, 0.3) is 0 Å². The van der Waals surface area contributed by atoms with Crippen LogP contribution in [-0.2, 0) is 10.0 Å². The van der Waals surface area contributed by atoms with Crippen molar-refractivity contribution >= 4 is 41.9 Å². The molecule has 0 saturated heterocycles. The highest BCUT2D eigenvalue weighted by Gasteiger charge is 2.31. The van der Waals surface area contributed by atoms with E-state index in [1.165, 1.54) is 6.07 Å². The zero-order valence-corrected chi connectivity index (χ0v) is 14.9. The molecule has 1 aliphatic carbocycles. The van der Waals surface area contributed by atoms with Crippen molar-refractivity contribution in [1.82, 2.24) is 4.72 Å². The molecule has 1 fully saturated rings. The summed E-state index contributed by atoms with van der Waals surface area (Å²) in [4.78, 5) is 0.181. The SMILES string of the molecule is O=S(=O)(NCC1(O)CCCCC1)c1ccc(Br)cc1Br. The van der Waals surface area contributed by atoms with Crippen LogP contribution in [0, 0.1) is 0 Å². The standard InChI is InChI=1S/C13H17Br2NO3S/c14-10-4-5-12(11(15)8-10)20(18,19)16-9-13(17)6-2-1-3-7-13/h4-5,8,16-17H,1-3,6-7,9H2. The van der Waals surface area contributed by atoms with Crippen molar-refractivity contribution in [2.75, 3.05) is 6.54 Å². The number of nitrogens with one attached hydrogen (secondary N) is 1. The zero-order chi connectivity index (χ0) is 14.8. The minimum atomic E-state index is -3.62. The van der Waals surface area contributed by atoms with E-state index >= 15 is 0 Å². The Hall–Kier alpha value is 0.0500. The van der Waals surface area contributed by atoms with Gasteiger partial charge in [-0.3, -0.25) is 0 Å². The summed E-state index contributed by atoms with van der Waals surface area (Å²) < 4.78 is 28.4. The monoisotopic (exact) mass is 425 g/mol. The molecular formula is C13H17Br2NO3S. The quantitative estimate of drug-likeness (QED) is 0.776. The Morgan fingerprint density at radius 2 is 1.85 bits per heavy atom. The molecule has 2 N–H and O–H groups in total. The van der Waals surface area contributed by atoms with Gasteiger partial charge >= 0.3 is 0 Å². The van der Waals surface area contributed by atoms with Gasteiger partial charge in [-0.25, -0.2) is 13.1 Å². The molecule has 0 aromatic heterocycles. The van der Waals surface area contributed by atoms with Crippen molar-refractivity contribution in [2.24, 2.45) is 0 Å². The van der Waals surface area contributed by atoms with Crippen molar-refractivity contribution in [1.29, 1.82) is 0 Å². The van der Waals surface area contributed by atoms with Crippen molar-refractivity contribution in [3.8, 4) is 0 Å². The fraction of sp³-hybridized carbons (Fsp3) is 0.538. The van der Waals surface area contributed by atoms with E-state index in [0.29, 0.717) is 17.3 Å². The second-order valence-electron chi connectivity index (χ2n) is 5.18. The fourth-order valence-corrected chi connectivity index (χ4v) is 5.25. The van der Waals surface area contributed by atoms with Gasteiger partial charge in [0.2, 0.25) is 10.0 Å². The van der Waals surface area contributed by atoms with Crippen LogP contribution in [0.15, 0.2) is 32.0 Å². The lowest BCUT2D eigenvalue weighted by atomic mass is 9.85. The van der Waals surface area contributed by atoms with E-state index in [1.807, 2.05) is 0 Å². The predicted octanol–water partition coefficient (Wildman–Crippen LogP) is 3.19. The minimum absolute atomic E-state index is 0.0673. The highest BCUT2D eigenvalue weighted by atomic mass is 79.9. The molecule has 20 heavy (non-hydrogen) atoms. The Balaban J connectivity index is 2.11. The van der Waals surface area contributed by atoms with Gasteiger partial charge in [0.25, 0.3) is 0 Å². The van der Waals surface area contributed by atoms with Crippen molar-refractivity contribution in [3.63, 3.8) is 0 Å². The number of halogens is 2. The maximum atomic E-state index is 12.3. The van der Waals surface area contributed by atoms with Gasteiger partial charge < -0.3 is 5.11 Å². The lowest BCUT2D eigenvalue weighted by Gasteiger charge is -2.32. The molecule has 0 heterocycles. The van der Waals surface area contributed by atoms with Crippen molar-refractivity contribution in [2.45, 2.75) is 42.6 Å².